The van der Waals surface area contributed by atoms with Crippen LogP contribution in [0.5, 0.6) is 0 Å². The Morgan fingerprint density at radius 1 is 1.20 bits per heavy atom. The zero-order valence-electron chi connectivity index (χ0n) is 19.0. The van der Waals surface area contributed by atoms with Crippen LogP contribution in [-0.4, -0.2) is 20.9 Å². The Labute approximate surface area is 208 Å². The van der Waals surface area contributed by atoms with E-state index in [0.29, 0.717) is 29.5 Å². The molecule has 0 amide bonds. The third kappa shape index (κ3) is 4.57. The smallest absolute Gasteiger partial charge is 0.160 e. The lowest BCUT2D eigenvalue weighted by Gasteiger charge is -2.40. The van der Waals surface area contributed by atoms with E-state index in [9.17, 15) is 14.8 Å². The number of aliphatic hydroxyl groups excluding tert-OH is 1. The van der Waals surface area contributed by atoms with Crippen LogP contribution in [0.15, 0.2) is 54.7 Å². The van der Waals surface area contributed by atoms with E-state index in [1.807, 2.05) is 29.0 Å². The zero-order valence-corrected chi connectivity index (χ0v) is 19.8. The van der Waals surface area contributed by atoms with E-state index in [0.717, 1.165) is 37.1 Å². The Kier molecular flexibility index (Phi) is 6.37. The summed E-state index contributed by atoms with van der Waals surface area (Å²) < 4.78 is 15.9. The number of fused-ring (bicyclic) bond motifs is 1. The molecule has 9 heteroatoms. The van der Waals surface area contributed by atoms with Gasteiger partial charge in [0.2, 0.25) is 0 Å². The van der Waals surface area contributed by atoms with Crippen molar-refractivity contribution >= 4 is 34.9 Å². The Morgan fingerprint density at radius 3 is 2.69 bits per heavy atom. The highest BCUT2D eigenvalue weighted by atomic mass is 35.5. The average Bonchev–Trinajstić information content (AvgIpc) is 3.24. The molecule has 2 aromatic carbocycles. The molecule has 0 radical (unpaired) electrons. The lowest BCUT2D eigenvalue weighted by atomic mass is 9.77. The maximum atomic E-state index is 14.0. The standard InChI is InChI=1S/C26H26ClFN6O/c27-20-7-6-19(16-21(20)28)32-24-23-22(10-15-30-25(23)35)34(33-24)26(13-14-29)11-8-18(9-12-26)31-17-4-2-1-3-5-17/h1-7,10,15-16,18,25,30-31,35H,8-9,11-13H2,(H,32,33). The highest BCUT2D eigenvalue weighted by Gasteiger charge is 2.41. The zero-order chi connectivity index (χ0) is 24.4. The highest BCUT2D eigenvalue weighted by molar-refractivity contribution is 6.30. The van der Waals surface area contributed by atoms with E-state index >= 15 is 0 Å². The topological polar surface area (TPSA) is 97.9 Å². The van der Waals surface area contributed by atoms with Crippen molar-refractivity contribution in [3.8, 4) is 6.07 Å². The van der Waals surface area contributed by atoms with Gasteiger partial charge >= 0.3 is 0 Å². The summed E-state index contributed by atoms with van der Waals surface area (Å²) in [6.07, 6.45) is 6.11. The van der Waals surface area contributed by atoms with Gasteiger partial charge in [-0.25, -0.2) is 4.39 Å². The first-order chi connectivity index (χ1) is 17.0. The average molecular weight is 493 g/mol. The molecule has 1 saturated carbocycles. The van der Waals surface area contributed by atoms with Crippen LogP contribution in [0.2, 0.25) is 5.02 Å². The molecule has 2 heterocycles. The molecule has 3 aromatic rings. The van der Waals surface area contributed by atoms with Crippen LogP contribution in [0.4, 0.5) is 21.6 Å². The second kappa shape index (κ2) is 9.61. The molecule has 4 N–H and O–H groups in total. The van der Waals surface area contributed by atoms with Crippen LogP contribution in [-0.2, 0) is 5.54 Å². The highest BCUT2D eigenvalue weighted by Crippen LogP contribution is 2.43. The lowest BCUT2D eigenvalue weighted by Crippen LogP contribution is -2.42. The number of benzene rings is 2. The second-order valence-electron chi connectivity index (χ2n) is 9.06. The van der Waals surface area contributed by atoms with Crippen LogP contribution >= 0.6 is 11.6 Å². The minimum Gasteiger partial charge on any atom is -0.382 e. The number of nitrogens with one attached hydrogen (secondary N) is 3. The number of para-hydroxylation sites is 1. The number of halogens is 2. The monoisotopic (exact) mass is 492 g/mol. The van der Waals surface area contributed by atoms with Gasteiger partial charge in [-0.15, -0.1) is 0 Å². The maximum Gasteiger partial charge on any atom is 0.160 e. The molecule has 1 aliphatic carbocycles. The molecule has 0 spiro atoms. The van der Waals surface area contributed by atoms with Gasteiger partial charge in [0, 0.05) is 23.6 Å². The molecule has 1 fully saturated rings. The van der Waals surface area contributed by atoms with Gasteiger partial charge in [-0.2, -0.15) is 10.4 Å². The van der Waals surface area contributed by atoms with Crippen molar-refractivity contribution < 1.29 is 9.50 Å². The fourth-order valence-electron chi connectivity index (χ4n) is 5.02. The van der Waals surface area contributed by atoms with Crippen molar-refractivity contribution in [2.75, 3.05) is 10.6 Å². The largest absolute Gasteiger partial charge is 0.382 e. The summed E-state index contributed by atoms with van der Waals surface area (Å²) in [5.74, 6) is -0.137. The molecule has 0 saturated heterocycles. The third-order valence-corrected chi connectivity index (χ3v) is 7.14. The fourth-order valence-corrected chi connectivity index (χ4v) is 5.14. The molecule has 1 atom stereocenters. The first-order valence-electron chi connectivity index (χ1n) is 11.6. The third-order valence-electron chi connectivity index (χ3n) is 6.83. The van der Waals surface area contributed by atoms with E-state index in [4.69, 9.17) is 16.7 Å². The van der Waals surface area contributed by atoms with Gasteiger partial charge in [-0.05, 0) is 62.1 Å². The summed E-state index contributed by atoms with van der Waals surface area (Å²) in [6.45, 7) is 0. The number of rotatable bonds is 6. The summed E-state index contributed by atoms with van der Waals surface area (Å²) in [6, 6.07) is 17.2. The molecule has 7 nitrogen and oxygen atoms in total. The number of hydrogen-bond donors (Lipinski definition) is 4. The Morgan fingerprint density at radius 2 is 1.97 bits per heavy atom. The number of anilines is 3. The summed E-state index contributed by atoms with van der Waals surface area (Å²) in [4.78, 5) is 0. The summed E-state index contributed by atoms with van der Waals surface area (Å²) in [7, 11) is 0. The Bertz CT molecular complexity index is 1280. The van der Waals surface area contributed by atoms with E-state index in [1.54, 1.807) is 12.3 Å². The van der Waals surface area contributed by atoms with Gasteiger partial charge in [0.05, 0.1) is 34.3 Å². The summed E-state index contributed by atoms with van der Waals surface area (Å²) >= 11 is 5.83. The van der Waals surface area contributed by atoms with E-state index in [-0.39, 0.29) is 5.02 Å². The predicted molar refractivity (Wildman–Crippen MR) is 135 cm³/mol. The quantitative estimate of drug-likeness (QED) is 0.355. The summed E-state index contributed by atoms with van der Waals surface area (Å²) in [5.41, 5.74) is 2.33. The molecule has 1 aliphatic heterocycles. The minimum absolute atomic E-state index is 0.0292. The van der Waals surface area contributed by atoms with Crippen molar-refractivity contribution in [1.29, 1.82) is 5.26 Å². The van der Waals surface area contributed by atoms with Gasteiger partial charge in [-0.1, -0.05) is 29.8 Å². The van der Waals surface area contributed by atoms with Crippen LogP contribution < -0.4 is 16.0 Å². The maximum absolute atomic E-state index is 14.0. The number of aliphatic hydroxyl groups is 1. The van der Waals surface area contributed by atoms with Crippen molar-refractivity contribution in [1.82, 2.24) is 15.1 Å². The van der Waals surface area contributed by atoms with Gasteiger partial charge in [-0.3, -0.25) is 4.68 Å². The number of nitriles is 1. The molecule has 180 valence electrons. The van der Waals surface area contributed by atoms with Crippen LogP contribution in [0.3, 0.4) is 0 Å². The molecule has 1 unspecified atom stereocenters. The van der Waals surface area contributed by atoms with E-state index in [2.05, 4.69) is 34.2 Å². The first kappa shape index (κ1) is 23.2. The molecule has 5 rings (SSSR count). The van der Waals surface area contributed by atoms with Gasteiger partial charge in [0.25, 0.3) is 0 Å². The van der Waals surface area contributed by atoms with E-state index in [1.165, 1.54) is 12.1 Å². The van der Waals surface area contributed by atoms with Crippen molar-refractivity contribution in [3.63, 3.8) is 0 Å². The molecular formula is C26H26ClFN6O. The predicted octanol–water partition coefficient (Wildman–Crippen LogP) is 5.65. The van der Waals surface area contributed by atoms with Gasteiger partial charge in [0.15, 0.2) is 12.0 Å². The number of nitrogens with zero attached hydrogens (tertiary/aromatic N) is 3. The number of hydrogen-bond acceptors (Lipinski definition) is 6. The normalized spacial score (nSPS) is 23.1. The minimum atomic E-state index is -0.987. The summed E-state index contributed by atoms with van der Waals surface area (Å²) in [5, 5.41) is 35.0. The SMILES string of the molecule is N#CCC1(n2nc(Nc3ccc(Cl)c(F)c3)c3c2C=CNC3O)CCC(Nc2ccccc2)CC1. The lowest BCUT2D eigenvalue weighted by molar-refractivity contribution is 0.150. The second-order valence-corrected chi connectivity index (χ2v) is 9.47. The van der Waals surface area contributed by atoms with Gasteiger partial charge in [0.1, 0.15) is 5.82 Å². The van der Waals surface area contributed by atoms with Gasteiger partial charge < -0.3 is 21.1 Å². The van der Waals surface area contributed by atoms with Crippen molar-refractivity contribution in [2.45, 2.75) is 49.9 Å². The molecule has 1 aromatic heterocycles. The van der Waals surface area contributed by atoms with Crippen LogP contribution in [0, 0.1) is 17.1 Å². The Balaban J connectivity index is 1.46. The molecule has 0 bridgehead atoms. The first-order valence-corrected chi connectivity index (χ1v) is 12.0. The van der Waals surface area contributed by atoms with Crippen LogP contribution in [0.25, 0.3) is 6.08 Å². The molecule has 2 aliphatic rings. The fraction of sp³-hybridized carbons (Fsp3) is 0.308. The van der Waals surface area contributed by atoms with E-state index < -0.39 is 17.6 Å². The molecule has 35 heavy (non-hydrogen) atoms. The molecular weight excluding hydrogens is 467 g/mol. The van der Waals surface area contributed by atoms with Crippen LogP contribution in [0.1, 0.15) is 49.6 Å². The number of aromatic nitrogens is 2. The Hall–Kier alpha value is -3.54. The van der Waals surface area contributed by atoms with Crippen molar-refractivity contribution in [2.24, 2.45) is 0 Å². The van der Waals surface area contributed by atoms with Crippen molar-refractivity contribution in [3.05, 3.63) is 76.8 Å².